The lowest BCUT2D eigenvalue weighted by Crippen LogP contribution is -2.14. The number of rotatable bonds is 6. The van der Waals surface area contributed by atoms with E-state index in [9.17, 15) is 0 Å². The van der Waals surface area contributed by atoms with Crippen LogP contribution in [0.4, 0.5) is 0 Å². The van der Waals surface area contributed by atoms with E-state index in [-0.39, 0.29) is 5.41 Å². The van der Waals surface area contributed by atoms with Crippen LogP contribution in [0.25, 0.3) is 116 Å². The van der Waals surface area contributed by atoms with Gasteiger partial charge >= 0.3 is 0 Å². The van der Waals surface area contributed by atoms with Gasteiger partial charge in [0.25, 0.3) is 0 Å². The third-order valence-corrected chi connectivity index (χ3v) is 14.1. The minimum absolute atomic E-state index is 0.129. The molecule has 1 aliphatic rings. The molecule has 0 aliphatic heterocycles. The highest BCUT2D eigenvalue weighted by atomic mass is 15.0. The van der Waals surface area contributed by atoms with E-state index in [0.717, 1.165) is 55.9 Å². The molecule has 2 heteroatoms. The number of pyridine rings is 1. The number of benzene rings is 10. The molecule has 1 aliphatic carbocycles. The third-order valence-electron chi connectivity index (χ3n) is 14.1. The van der Waals surface area contributed by atoms with Crippen LogP contribution < -0.4 is 0 Å². The van der Waals surface area contributed by atoms with E-state index in [1.807, 2.05) is 0 Å². The Morgan fingerprint density at radius 3 is 1.71 bits per heavy atom. The smallest absolute Gasteiger partial charge is 0.0716 e. The molecule has 66 heavy (non-hydrogen) atoms. The number of hydrogen-bond acceptors (Lipinski definition) is 1. The first-order valence-corrected chi connectivity index (χ1v) is 22.9. The third kappa shape index (κ3) is 6.06. The van der Waals surface area contributed by atoms with Gasteiger partial charge in [-0.25, -0.2) is 4.98 Å². The summed E-state index contributed by atoms with van der Waals surface area (Å²) in [4.78, 5) is 5.66. The molecule has 13 rings (SSSR count). The number of hydrogen-bond donors (Lipinski definition) is 0. The van der Waals surface area contributed by atoms with Gasteiger partial charge in [0, 0.05) is 33.0 Å². The molecular weight excluding hydrogens is 797 g/mol. The van der Waals surface area contributed by atoms with Crippen molar-refractivity contribution in [1.82, 2.24) is 9.55 Å². The maximum Gasteiger partial charge on any atom is 0.0716 e. The zero-order valence-electron chi connectivity index (χ0n) is 36.8. The average Bonchev–Trinajstić information content (AvgIpc) is 3.83. The Bertz CT molecular complexity index is 3890. The number of aromatic nitrogens is 2. The van der Waals surface area contributed by atoms with Gasteiger partial charge < -0.3 is 4.57 Å². The summed E-state index contributed by atoms with van der Waals surface area (Å²) in [6.45, 7) is 4.70. The highest BCUT2D eigenvalue weighted by Gasteiger charge is 2.35. The Hall–Kier alpha value is -8.33. The normalized spacial score (nSPS) is 12.8. The second kappa shape index (κ2) is 14.9. The second-order valence-corrected chi connectivity index (χ2v) is 18.3. The van der Waals surface area contributed by atoms with Gasteiger partial charge in [-0.3, -0.25) is 0 Å². The van der Waals surface area contributed by atoms with Crippen LogP contribution >= 0.6 is 0 Å². The lowest BCUT2D eigenvalue weighted by atomic mass is 9.82. The monoisotopic (exact) mass is 840 g/mol. The van der Waals surface area contributed by atoms with E-state index >= 15 is 0 Å². The van der Waals surface area contributed by atoms with Gasteiger partial charge in [-0.05, 0) is 132 Å². The van der Waals surface area contributed by atoms with Gasteiger partial charge in [0.15, 0.2) is 0 Å². The molecule has 0 saturated heterocycles. The van der Waals surface area contributed by atoms with Crippen molar-refractivity contribution in [2.75, 3.05) is 0 Å². The average molecular weight is 841 g/mol. The lowest BCUT2D eigenvalue weighted by molar-refractivity contribution is 0.660. The fourth-order valence-corrected chi connectivity index (χ4v) is 10.9. The highest BCUT2D eigenvalue weighted by Crippen LogP contribution is 2.50. The molecule has 0 saturated carbocycles. The van der Waals surface area contributed by atoms with E-state index in [2.05, 4.69) is 249 Å². The molecule has 2 aromatic heterocycles. The van der Waals surface area contributed by atoms with Crippen molar-refractivity contribution in [1.29, 1.82) is 0 Å². The summed E-state index contributed by atoms with van der Waals surface area (Å²) in [7, 11) is 0. The fourth-order valence-electron chi connectivity index (χ4n) is 10.9. The van der Waals surface area contributed by atoms with E-state index in [0.29, 0.717) is 0 Å². The van der Waals surface area contributed by atoms with Crippen molar-refractivity contribution in [2.45, 2.75) is 19.3 Å². The van der Waals surface area contributed by atoms with Crippen molar-refractivity contribution < 1.29 is 0 Å². The Balaban J connectivity index is 1.09. The zero-order chi connectivity index (χ0) is 43.9. The number of para-hydroxylation sites is 1. The summed E-state index contributed by atoms with van der Waals surface area (Å²) >= 11 is 0. The van der Waals surface area contributed by atoms with Crippen LogP contribution in [0.15, 0.2) is 231 Å². The van der Waals surface area contributed by atoms with E-state index < -0.39 is 0 Å². The number of fused-ring (bicyclic) bond motifs is 9. The Kier molecular flexibility index (Phi) is 8.60. The van der Waals surface area contributed by atoms with E-state index in [1.54, 1.807) is 0 Å². The first kappa shape index (κ1) is 38.2. The van der Waals surface area contributed by atoms with Gasteiger partial charge in [0.1, 0.15) is 0 Å². The van der Waals surface area contributed by atoms with Crippen LogP contribution in [0.5, 0.6) is 0 Å². The molecule has 2 heterocycles. The molecule has 0 fully saturated rings. The lowest BCUT2D eigenvalue weighted by Gasteiger charge is -2.22. The van der Waals surface area contributed by atoms with Crippen molar-refractivity contribution >= 4 is 43.4 Å². The minimum atomic E-state index is -0.129. The first-order chi connectivity index (χ1) is 32.5. The molecule has 0 spiro atoms. The standard InChI is InChI=1S/C64H44N2/c1-64(2)58-27-15-13-25-53(58)54-31-30-45(37-59(54)64)60-38-46(42-19-7-4-8-20-42)39-61(65-60)48-33-47(57-36-44-21-9-10-22-50(44)51-23-11-12-24-52(51)57)34-49(35-48)66-62-28-16-14-26-55(62)56-32-29-43(40-63(56)66)41-17-5-3-6-18-41/h3-40H,1-2H3. The predicted octanol–water partition coefficient (Wildman–Crippen LogP) is 17.1. The molecule has 0 N–H and O–H groups in total. The maximum atomic E-state index is 5.66. The van der Waals surface area contributed by atoms with Crippen LogP contribution in [0.3, 0.4) is 0 Å². The van der Waals surface area contributed by atoms with Gasteiger partial charge in [-0.2, -0.15) is 0 Å². The summed E-state index contributed by atoms with van der Waals surface area (Å²) in [6.07, 6.45) is 0. The second-order valence-electron chi connectivity index (χ2n) is 18.3. The van der Waals surface area contributed by atoms with Gasteiger partial charge in [-0.1, -0.05) is 190 Å². The van der Waals surface area contributed by atoms with E-state index in [1.165, 1.54) is 71.3 Å². The largest absolute Gasteiger partial charge is 0.309 e. The summed E-state index contributed by atoms with van der Waals surface area (Å²) in [5.41, 5.74) is 19.7. The molecule has 12 aromatic rings. The molecule has 2 nitrogen and oxygen atoms in total. The Morgan fingerprint density at radius 2 is 0.909 bits per heavy atom. The summed E-state index contributed by atoms with van der Waals surface area (Å²) in [5.74, 6) is 0. The molecule has 10 aromatic carbocycles. The van der Waals surface area contributed by atoms with Crippen LogP contribution in [0.1, 0.15) is 25.0 Å². The van der Waals surface area contributed by atoms with Crippen LogP contribution in [-0.4, -0.2) is 9.55 Å². The van der Waals surface area contributed by atoms with Crippen LogP contribution in [0.2, 0.25) is 0 Å². The van der Waals surface area contributed by atoms with Crippen molar-refractivity contribution in [2.24, 2.45) is 0 Å². The Morgan fingerprint density at radius 1 is 0.318 bits per heavy atom. The van der Waals surface area contributed by atoms with E-state index in [4.69, 9.17) is 4.98 Å². The number of nitrogens with zero attached hydrogens (tertiary/aromatic N) is 2. The fraction of sp³-hybridized carbons (Fsp3) is 0.0469. The maximum absolute atomic E-state index is 5.66. The summed E-state index contributed by atoms with van der Waals surface area (Å²) in [6, 6.07) is 84.7. The molecule has 0 radical (unpaired) electrons. The first-order valence-electron chi connectivity index (χ1n) is 22.9. The molecule has 0 unspecified atom stereocenters. The SMILES string of the molecule is CC1(C)c2ccccc2-c2ccc(-c3cc(-c4ccccc4)cc(-c4cc(-c5cc6ccccc6c6ccccc56)cc(-n5c6ccccc6c6ccc(-c7ccccc7)cc65)c4)n3)cc21. The van der Waals surface area contributed by atoms with Crippen LogP contribution in [-0.2, 0) is 5.41 Å². The Labute approximate surface area is 384 Å². The molecule has 0 amide bonds. The van der Waals surface area contributed by atoms with Crippen molar-refractivity contribution in [3.05, 3.63) is 242 Å². The molecule has 0 atom stereocenters. The molecule has 310 valence electrons. The highest BCUT2D eigenvalue weighted by molar-refractivity contribution is 6.14. The molecule has 0 bridgehead atoms. The topological polar surface area (TPSA) is 17.8 Å². The zero-order valence-corrected chi connectivity index (χ0v) is 36.8. The van der Waals surface area contributed by atoms with Gasteiger partial charge in [0.05, 0.1) is 22.4 Å². The van der Waals surface area contributed by atoms with Crippen molar-refractivity contribution in [3.8, 4) is 72.7 Å². The van der Waals surface area contributed by atoms with Crippen LogP contribution in [0, 0.1) is 0 Å². The van der Waals surface area contributed by atoms with Crippen molar-refractivity contribution in [3.63, 3.8) is 0 Å². The predicted molar refractivity (Wildman–Crippen MR) is 278 cm³/mol. The summed E-state index contributed by atoms with van der Waals surface area (Å²) in [5, 5.41) is 7.39. The quantitative estimate of drug-likeness (QED) is 0.153. The minimum Gasteiger partial charge on any atom is -0.309 e. The van der Waals surface area contributed by atoms with Gasteiger partial charge in [-0.15, -0.1) is 0 Å². The molecular formula is C64H44N2. The van der Waals surface area contributed by atoms with Gasteiger partial charge in [0.2, 0.25) is 0 Å². The summed E-state index contributed by atoms with van der Waals surface area (Å²) < 4.78 is 2.47.